The lowest BCUT2D eigenvalue weighted by molar-refractivity contribution is -0.142. The van der Waals surface area contributed by atoms with Crippen LogP contribution in [0.3, 0.4) is 0 Å². The predicted molar refractivity (Wildman–Crippen MR) is 65.6 cm³/mol. The Hall–Kier alpha value is -1.50. The van der Waals surface area contributed by atoms with Crippen molar-refractivity contribution in [2.24, 2.45) is 0 Å². The van der Waals surface area contributed by atoms with Gasteiger partial charge in [0.15, 0.2) is 0 Å². The molecular weight excluding hydrogens is 297 g/mol. The second-order valence-corrected chi connectivity index (χ2v) is 5.11. The second kappa shape index (κ2) is 5.47. The van der Waals surface area contributed by atoms with Crippen LogP contribution in [0.2, 0.25) is 0 Å². The Morgan fingerprint density at radius 2 is 2.15 bits per heavy atom. The lowest BCUT2D eigenvalue weighted by atomic mass is 10.1. The van der Waals surface area contributed by atoms with Crippen molar-refractivity contribution < 1.29 is 22.7 Å². The SMILES string of the molecule is CC(Cl)C(=O)N1CC(Oc2cccc(C(F)(F)F)n2)C1. The van der Waals surface area contributed by atoms with Crippen LogP contribution in [-0.4, -0.2) is 40.4 Å². The predicted octanol–water partition coefficient (Wildman–Crippen LogP) is 2.32. The van der Waals surface area contributed by atoms with Crippen molar-refractivity contribution in [1.82, 2.24) is 9.88 Å². The Bertz CT molecular complexity index is 502. The summed E-state index contributed by atoms with van der Waals surface area (Å²) in [6.45, 7) is 2.16. The van der Waals surface area contributed by atoms with E-state index in [1.54, 1.807) is 6.92 Å². The zero-order valence-corrected chi connectivity index (χ0v) is 11.3. The molecule has 4 nitrogen and oxygen atoms in total. The summed E-state index contributed by atoms with van der Waals surface area (Å²) in [5.74, 6) is -0.320. The molecular formula is C12H12ClF3N2O2. The van der Waals surface area contributed by atoms with E-state index in [-0.39, 0.29) is 17.9 Å². The quantitative estimate of drug-likeness (QED) is 0.805. The molecule has 1 aromatic heterocycles. The Labute approximate surface area is 118 Å². The molecule has 0 bridgehead atoms. The molecule has 0 saturated carbocycles. The lowest BCUT2D eigenvalue weighted by Crippen LogP contribution is -2.57. The fourth-order valence-corrected chi connectivity index (χ4v) is 1.89. The molecule has 20 heavy (non-hydrogen) atoms. The van der Waals surface area contributed by atoms with Gasteiger partial charge in [-0.05, 0) is 13.0 Å². The van der Waals surface area contributed by atoms with Gasteiger partial charge in [-0.3, -0.25) is 4.79 Å². The van der Waals surface area contributed by atoms with E-state index in [1.807, 2.05) is 0 Å². The van der Waals surface area contributed by atoms with Gasteiger partial charge in [0.05, 0.1) is 13.1 Å². The monoisotopic (exact) mass is 308 g/mol. The highest BCUT2D eigenvalue weighted by molar-refractivity contribution is 6.30. The number of nitrogens with zero attached hydrogens (tertiary/aromatic N) is 2. The first kappa shape index (κ1) is 14.9. The van der Waals surface area contributed by atoms with Crippen LogP contribution < -0.4 is 4.74 Å². The first-order valence-corrected chi connectivity index (χ1v) is 6.35. The standard InChI is InChI=1S/C12H12ClF3N2O2/c1-7(13)11(19)18-5-8(6-18)20-10-4-2-3-9(17-10)12(14,15)16/h2-4,7-8H,5-6H2,1H3. The zero-order chi connectivity index (χ0) is 14.9. The summed E-state index contributed by atoms with van der Waals surface area (Å²) in [6.07, 6.45) is -4.86. The number of ether oxygens (including phenoxy) is 1. The van der Waals surface area contributed by atoms with Gasteiger partial charge >= 0.3 is 6.18 Å². The van der Waals surface area contributed by atoms with Crippen molar-refractivity contribution in [3.63, 3.8) is 0 Å². The molecule has 0 aromatic carbocycles. The van der Waals surface area contributed by atoms with Crippen molar-refractivity contribution in [2.75, 3.05) is 13.1 Å². The van der Waals surface area contributed by atoms with Crippen LogP contribution in [0.15, 0.2) is 18.2 Å². The van der Waals surface area contributed by atoms with E-state index in [0.29, 0.717) is 13.1 Å². The first-order chi connectivity index (χ1) is 9.27. The molecule has 2 rings (SSSR count). The Balaban J connectivity index is 1.92. The maximum absolute atomic E-state index is 12.5. The summed E-state index contributed by atoms with van der Waals surface area (Å²) in [6, 6.07) is 3.45. The van der Waals surface area contributed by atoms with Crippen LogP contribution in [0.4, 0.5) is 13.2 Å². The smallest absolute Gasteiger partial charge is 0.433 e. The van der Waals surface area contributed by atoms with E-state index in [2.05, 4.69) is 4.98 Å². The van der Waals surface area contributed by atoms with Crippen molar-refractivity contribution in [2.45, 2.75) is 24.6 Å². The lowest BCUT2D eigenvalue weighted by Gasteiger charge is -2.39. The third kappa shape index (κ3) is 3.33. The third-order valence-electron chi connectivity index (χ3n) is 2.80. The number of hydrogen-bond acceptors (Lipinski definition) is 3. The minimum absolute atomic E-state index is 0.101. The van der Waals surface area contributed by atoms with Crippen molar-refractivity contribution in [1.29, 1.82) is 0 Å². The molecule has 1 amide bonds. The largest absolute Gasteiger partial charge is 0.471 e. The molecule has 1 atom stereocenters. The molecule has 0 radical (unpaired) electrons. The van der Waals surface area contributed by atoms with Gasteiger partial charge in [-0.15, -0.1) is 11.6 Å². The van der Waals surface area contributed by atoms with E-state index < -0.39 is 17.2 Å². The maximum Gasteiger partial charge on any atom is 0.433 e. The summed E-state index contributed by atoms with van der Waals surface area (Å²) in [5.41, 5.74) is -1.00. The number of likely N-dealkylation sites (tertiary alicyclic amines) is 1. The van der Waals surface area contributed by atoms with Crippen molar-refractivity contribution in [3.8, 4) is 5.88 Å². The third-order valence-corrected chi connectivity index (χ3v) is 2.99. The van der Waals surface area contributed by atoms with Gasteiger partial charge in [0.2, 0.25) is 11.8 Å². The Morgan fingerprint density at radius 1 is 1.50 bits per heavy atom. The molecule has 0 N–H and O–H groups in total. The van der Waals surface area contributed by atoms with Gasteiger partial charge in [-0.25, -0.2) is 4.98 Å². The topological polar surface area (TPSA) is 42.4 Å². The summed E-state index contributed by atoms with van der Waals surface area (Å²) >= 11 is 5.65. The molecule has 0 aliphatic carbocycles. The molecule has 8 heteroatoms. The summed E-state index contributed by atoms with van der Waals surface area (Å²) < 4.78 is 42.7. The molecule has 110 valence electrons. The van der Waals surface area contributed by atoms with Crippen molar-refractivity contribution in [3.05, 3.63) is 23.9 Å². The zero-order valence-electron chi connectivity index (χ0n) is 10.5. The molecule has 0 spiro atoms. The number of carbonyl (C=O) groups is 1. The molecule has 1 unspecified atom stereocenters. The molecule has 1 aliphatic heterocycles. The molecule has 1 aromatic rings. The van der Waals surface area contributed by atoms with Crippen LogP contribution in [0.25, 0.3) is 0 Å². The van der Waals surface area contributed by atoms with E-state index in [0.717, 1.165) is 6.07 Å². The first-order valence-electron chi connectivity index (χ1n) is 5.91. The molecule has 1 fully saturated rings. The number of alkyl halides is 4. The van der Waals surface area contributed by atoms with E-state index >= 15 is 0 Å². The van der Waals surface area contributed by atoms with Gasteiger partial charge < -0.3 is 9.64 Å². The highest BCUT2D eigenvalue weighted by Gasteiger charge is 2.35. The minimum atomic E-state index is -4.50. The molecule has 1 saturated heterocycles. The normalized spacial score (nSPS) is 17.6. The average Bonchev–Trinajstić information content (AvgIpc) is 2.31. The van der Waals surface area contributed by atoms with Crippen LogP contribution in [0, 0.1) is 0 Å². The maximum atomic E-state index is 12.5. The summed E-state index contributed by atoms with van der Waals surface area (Å²) in [5, 5.41) is -0.623. The van der Waals surface area contributed by atoms with Gasteiger partial charge in [-0.1, -0.05) is 6.07 Å². The number of carbonyl (C=O) groups excluding carboxylic acids is 1. The van der Waals surface area contributed by atoms with Gasteiger partial charge in [-0.2, -0.15) is 13.2 Å². The van der Waals surface area contributed by atoms with Gasteiger partial charge in [0.25, 0.3) is 0 Å². The van der Waals surface area contributed by atoms with Gasteiger partial charge in [0, 0.05) is 6.07 Å². The fourth-order valence-electron chi connectivity index (χ4n) is 1.75. The second-order valence-electron chi connectivity index (χ2n) is 4.46. The molecule has 2 heterocycles. The number of pyridine rings is 1. The number of aromatic nitrogens is 1. The Kier molecular flexibility index (Phi) is 4.08. The number of hydrogen-bond donors (Lipinski definition) is 0. The van der Waals surface area contributed by atoms with E-state index in [4.69, 9.17) is 16.3 Å². The average molecular weight is 309 g/mol. The highest BCUT2D eigenvalue weighted by Crippen LogP contribution is 2.29. The number of amides is 1. The van der Waals surface area contributed by atoms with Crippen LogP contribution >= 0.6 is 11.6 Å². The van der Waals surface area contributed by atoms with Gasteiger partial charge in [0.1, 0.15) is 17.2 Å². The highest BCUT2D eigenvalue weighted by atomic mass is 35.5. The summed E-state index contributed by atoms with van der Waals surface area (Å²) in [4.78, 5) is 16.4. The van der Waals surface area contributed by atoms with Crippen molar-refractivity contribution >= 4 is 17.5 Å². The number of rotatable bonds is 3. The fraction of sp³-hybridized carbons (Fsp3) is 0.500. The summed E-state index contributed by atoms with van der Waals surface area (Å²) in [7, 11) is 0. The van der Waals surface area contributed by atoms with Crippen LogP contribution in [0.1, 0.15) is 12.6 Å². The Morgan fingerprint density at radius 3 is 2.70 bits per heavy atom. The van der Waals surface area contributed by atoms with Crippen LogP contribution in [0.5, 0.6) is 5.88 Å². The molecule has 1 aliphatic rings. The van der Waals surface area contributed by atoms with Crippen LogP contribution in [-0.2, 0) is 11.0 Å². The van der Waals surface area contributed by atoms with E-state index in [9.17, 15) is 18.0 Å². The number of halogens is 4. The van der Waals surface area contributed by atoms with E-state index in [1.165, 1.54) is 17.0 Å². The minimum Gasteiger partial charge on any atom is -0.471 e.